The van der Waals surface area contributed by atoms with Gasteiger partial charge >= 0.3 is 10.4 Å². The molecule has 11 heavy (non-hydrogen) atoms. The first-order chi connectivity index (χ1) is 5.12. The fourth-order valence-electron chi connectivity index (χ4n) is 0.201. The minimum absolute atomic E-state index is 0.153. The van der Waals surface area contributed by atoms with Crippen LogP contribution in [0.4, 0.5) is 8.78 Å². The fraction of sp³-hybridized carbons (Fsp3) is 0. The third-order valence-corrected chi connectivity index (χ3v) is 1.14. The van der Waals surface area contributed by atoms with Gasteiger partial charge in [-0.15, -0.1) is 8.42 Å². The first-order valence-electron chi connectivity index (χ1n) is 2.24. The maximum absolute atomic E-state index is 11.1. The minimum Gasteiger partial charge on any atom is -0.358 e. The molecule has 0 saturated carbocycles. The lowest BCUT2D eigenvalue weighted by molar-refractivity contribution is 0.329. The zero-order valence-electron chi connectivity index (χ0n) is 5.11. The van der Waals surface area contributed by atoms with Gasteiger partial charge in [-0.25, -0.2) is 8.78 Å². The summed E-state index contributed by atoms with van der Waals surface area (Å²) in [4.78, 5) is 0. The molecule has 0 N–H and O–H groups in total. The van der Waals surface area contributed by atoms with Crippen LogP contribution in [0.15, 0.2) is 25.2 Å². The smallest absolute Gasteiger partial charge is 0.358 e. The van der Waals surface area contributed by atoms with E-state index in [4.69, 9.17) is 0 Å². The number of rotatable bonds is 4. The molecule has 0 aliphatic carbocycles. The van der Waals surface area contributed by atoms with Gasteiger partial charge in [-0.3, -0.25) is 0 Å². The van der Waals surface area contributed by atoms with Crippen molar-refractivity contribution in [2.24, 2.45) is 0 Å². The summed E-state index contributed by atoms with van der Waals surface area (Å²) in [5, 5.41) is 0. The Bertz CT molecular complexity index is 223. The van der Waals surface area contributed by atoms with Gasteiger partial charge in [0, 0.05) is 0 Å². The van der Waals surface area contributed by atoms with E-state index >= 15 is 0 Å². The summed E-state index contributed by atoms with van der Waals surface area (Å²) in [6.07, 6.45) is 0.170. The highest BCUT2D eigenvalue weighted by molar-refractivity contribution is 7.82. The van der Waals surface area contributed by atoms with Gasteiger partial charge in [-0.2, -0.15) is 0 Å². The van der Waals surface area contributed by atoms with Gasteiger partial charge in [-0.05, 0) is 0 Å². The van der Waals surface area contributed by atoms with Gasteiger partial charge in [0.25, 0.3) is 0 Å². The Morgan fingerprint density at radius 2 is 1.36 bits per heavy atom. The van der Waals surface area contributed by atoms with Crippen molar-refractivity contribution in [1.29, 1.82) is 0 Å². The molecule has 0 radical (unpaired) electrons. The lowest BCUT2D eigenvalue weighted by atomic mass is 11.1. The van der Waals surface area contributed by atoms with Gasteiger partial charge in [0.15, 0.2) is 0 Å². The van der Waals surface area contributed by atoms with Crippen LogP contribution in [-0.2, 0) is 18.8 Å². The van der Waals surface area contributed by atoms with Crippen molar-refractivity contribution in [1.82, 2.24) is 0 Å². The Balaban J connectivity index is 4.02. The molecule has 0 aliphatic rings. The molecule has 0 amide bonds. The first-order valence-corrected chi connectivity index (χ1v) is 3.57. The van der Waals surface area contributed by atoms with Crippen LogP contribution < -0.4 is 0 Å². The van der Waals surface area contributed by atoms with E-state index in [-0.39, 0.29) is 25.2 Å². The van der Waals surface area contributed by atoms with Gasteiger partial charge in [0.2, 0.25) is 0 Å². The van der Waals surface area contributed by atoms with Crippen LogP contribution in [0.5, 0.6) is 0 Å². The highest BCUT2D eigenvalue weighted by Gasteiger charge is 2.07. The van der Waals surface area contributed by atoms with E-state index < -0.39 is 10.4 Å². The molecule has 0 aromatic heterocycles. The van der Waals surface area contributed by atoms with E-state index in [1.54, 1.807) is 0 Å². The molecule has 0 aliphatic heterocycles. The van der Waals surface area contributed by atoms with Crippen molar-refractivity contribution in [2.45, 2.75) is 0 Å². The van der Waals surface area contributed by atoms with E-state index in [0.717, 1.165) is 0 Å². The van der Waals surface area contributed by atoms with Crippen LogP contribution in [0.25, 0.3) is 0 Å². The standard InChI is InChI=1S/C4H4F2O4S/c5-1-3-9-11(7,8)10-4-2-6/h1-4H. The second kappa shape index (κ2) is 4.67. The van der Waals surface area contributed by atoms with Crippen LogP contribution in [-0.4, -0.2) is 8.42 Å². The van der Waals surface area contributed by atoms with Crippen LogP contribution >= 0.6 is 0 Å². The van der Waals surface area contributed by atoms with Crippen molar-refractivity contribution in [3.05, 3.63) is 25.2 Å². The summed E-state index contributed by atoms with van der Waals surface area (Å²) in [6, 6.07) is 0. The van der Waals surface area contributed by atoms with Gasteiger partial charge in [0.1, 0.15) is 25.2 Å². The molecule has 0 atom stereocenters. The fourth-order valence-corrected chi connectivity index (χ4v) is 0.602. The summed E-state index contributed by atoms with van der Waals surface area (Å²) < 4.78 is 50.1. The number of hydrogen-bond donors (Lipinski definition) is 0. The SMILES string of the molecule is O=S(=O)(OC=CF)OC=CF. The average Bonchev–Trinajstić information content (AvgIpc) is 1.97. The summed E-state index contributed by atoms with van der Waals surface area (Å²) in [5.74, 6) is 0. The highest BCUT2D eigenvalue weighted by atomic mass is 32.3. The third-order valence-electron chi connectivity index (χ3n) is 0.450. The van der Waals surface area contributed by atoms with Crippen molar-refractivity contribution in [3.63, 3.8) is 0 Å². The maximum atomic E-state index is 11.1. The Kier molecular flexibility index (Phi) is 4.20. The molecule has 64 valence electrons. The zero-order chi connectivity index (χ0) is 8.74. The molecule has 0 bridgehead atoms. The average molecular weight is 186 g/mol. The molecule has 4 nitrogen and oxygen atoms in total. The maximum Gasteiger partial charge on any atom is 0.499 e. The third kappa shape index (κ3) is 5.34. The van der Waals surface area contributed by atoms with Crippen molar-refractivity contribution in [3.8, 4) is 0 Å². The molecule has 0 rings (SSSR count). The minimum atomic E-state index is -4.36. The highest BCUT2D eigenvalue weighted by Crippen LogP contribution is 1.97. The molecule has 0 aromatic rings. The molecular formula is C4H4F2O4S. The Morgan fingerprint density at radius 3 is 1.64 bits per heavy atom. The largest absolute Gasteiger partial charge is 0.499 e. The summed E-state index contributed by atoms with van der Waals surface area (Å²) in [7, 11) is -4.36. The quantitative estimate of drug-likeness (QED) is 0.618. The molecule has 7 heteroatoms. The number of halogens is 2. The van der Waals surface area contributed by atoms with E-state index in [0.29, 0.717) is 0 Å². The Morgan fingerprint density at radius 1 is 1.00 bits per heavy atom. The second-order valence-corrected chi connectivity index (χ2v) is 2.33. The molecule has 0 aromatic carbocycles. The van der Waals surface area contributed by atoms with Crippen molar-refractivity contribution < 1.29 is 25.6 Å². The van der Waals surface area contributed by atoms with Crippen LogP contribution in [0.3, 0.4) is 0 Å². The van der Waals surface area contributed by atoms with Gasteiger partial charge < -0.3 is 8.37 Å². The zero-order valence-corrected chi connectivity index (χ0v) is 5.92. The predicted molar refractivity (Wildman–Crippen MR) is 31.6 cm³/mol. The van der Waals surface area contributed by atoms with Gasteiger partial charge in [0.05, 0.1) is 0 Å². The van der Waals surface area contributed by atoms with Crippen LogP contribution in [0, 0.1) is 0 Å². The van der Waals surface area contributed by atoms with Crippen molar-refractivity contribution in [2.75, 3.05) is 0 Å². The lowest BCUT2D eigenvalue weighted by Crippen LogP contribution is -2.01. The van der Waals surface area contributed by atoms with E-state index in [1.807, 2.05) is 0 Å². The van der Waals surface area contributed by atoms with Crippen LogP contribution in [0.1, 0.15) is 0 Å². The molecule has 0 saturated heterocycles. The first kappa shape index (κ1) is 9.89. The topological polar surface area (TPSA) is 52.6 Å². The molecular weight excluding hydrogens is 182 g/mol. The van der Waals surface area contributed by atoms with E-state index in [1.165, 1.54) is 0 Å². The summed E-state index contributed by atoms with van der Waals surface area (Å²) >= 11 is 0. The second-order valence-electron chi connectivity index (χ2n) is 1.12. The van der Waals surface area contributed by atoms with E-state index in [9.17, 15) is 17.2 Å². The lowest BCUT2D eigenvalue weighted by Gasteiger charge is -1.96. The van der Waals surface area contributed by atoms with Crippen molar-refractivity contribution >= 4 is 10.4 Å². The molecule has 0 fully saturated rings. The Labute approximate surface area is 62.1 Å². The van der Waals surface area contributed by atoms with Crippen LogP contribution in [0.2, 0.25) is 0 Å². The summed E-state index contributed by atoms with van der Waals surface area (Å²) in [6.45, 7) is 0. The monoisotopic (exact) mass is 186 g/mol. The predicted octanol–water partition coefficient (Wildman–Crippen LogP) is 1.15. The van der Waals surface area contributed by atoms with E-state index in [2.05, 4.69) is 8.37 Å². The number of hydrogen-bond acceptors (Lipinski definition) is 4. The summed E-state index contributed by atoms with van der Waals surface area (Å²) in [5.41, 5.74) is 0. The van der Waals surface area contributed by atoms with Gasteiger partial charge in [-0.1, -0.05) is 0 Å². The molecule has 0 unspecified atom stereocenters. The molecule has 0 heterocycles. The normalized spacial score (nSPS) is 12.5. The Hall–Kier alpha value is -1.11. The molecule has 0 spiro atoms.